The lowest BCUT2D eigenvalue weighted by Gasteiger charge is -2.32. The summed E-state index contributed by atoms with van der Waals surface area (Å²) >= 11 is 1.69. The number of thiophene rings is 1. The van der Waals surface area contributed by atoms with Crippen LogP contribution in [0.25, 0.3) is 0 Å². The predicted octanol–water partition coefficient (Wildman–Crippen LogP) is 1.42. The lowest BCUT2D eigenvalue weighted by molar-refractivity contribution is -0.144. The molecule has 0 saturated carbocycles. The molecule has 5 heteroatoms. The van der Waals surface area contributed by atoms with Gasteiger partial charge in [-0.3, -0.25) is 9.59 Å². The van der Waals surface area contributed by atoms with Crippen molar-refractivity contribution in [1.82, 2.24) is 10.2 Å². The third-order valence-corrected chi connectivity index (χ3v) is 4.00. The first kappa shape index (κ1) is 13.1. The van der Waals surface area contributed by atoms with Crippen molar-refractivity contribution in [3.8, 4) is 0 Å². The van der Waals surface area contributed by atoms with Crippen LogP contribution in [0.15, 0.2) is 17.5 Å². The van der Waals surface area contributed by atoms with E-state index in [9.17, 15) is 9.59 Å². The average Bonchev–Trinajstić information content (AvgIpc) is 2.85. The second-order valence-electron chi connectivity index (χ2n) is 4.50. The first-order valence-corrected chi connectivity index (χ1v) is 7.19. The van der Waals surface area contributed by atoms with Crippen LogP contribution in [-0.4, -0.2) is 35.8 Å². The molecule has 1 aromatic heterocycles. The average molecular weight is 266 g/mol. The Labute approximate surface area is 111 Å². The van der Waals surface area contributed by atoms with Crippen LogP contribution in [0.5, 0.6) is 0 Å². The van der Waals surface area contributed by atoms with Crippen LogP contribution >= 0.6 is 11.3 Å². The molecule has 2 amide bonds. The molecule has 1 aromatic rings. The second-order valence-corrected chi connectivity index (χ2v) is 5.53. The molecule has 0 aliphatic carbocycles. The Morgan fingerprint density at radius 3 is 3.00 bits per heavy atom. The van der Waals surface area contributed by atoms with Crippen molar-refractivity contribution in [3.05, 3.63) is 22.4 Å². The first-order chi connectivity index (χ1) is 8.70. The lowest BCUT2D eigenvalue weighted by Crippen LogP contribution is -2.58. The Morgan fingerprint density at radius 1 is 1.50 bits per heavy atom. The summed E-state index contributed by atoms with van der Waals surface area (Å²) in [6, 6.07) is 3.74. The second kappa shape index (κ2) is 6.00. The standard InChI is InChI=1S/C13H18N2O2S/c1-2-4-11-13(17)15(9-12(16)14-11)7-6-10-5-3-8-18-10/h3,5,8,11H,2,4,6-7,9H2,1H3,(H,14,16). The molecule has 18 heavy (non-hydrogen) atoms. The molecule has 0 aromatic carbocycles. The number of hydrogen-bond donors (Lipinski definition) is 1. The van der Waals surface area contributed by atoms with Gasteiger partial charge in [-0.15, -0.1) is 11.3 Å². The normalized spacial score (nSPS) is 20.1. The Balaban J connectivity index is 1.93. The van der Waals surface area contributed by atoms with Gasteiger partial charge < -0.3 is 10.2 Å². The smallest absolute Gasteiger partial charge is 0.245 e. The van der Waals surface area contributed by atoms with Crippen LogP contribution in [-0.2, 0) is 16.0 Å². The van der Waals surface area contributed by atoms with Crippen molar-refractivity contribution in [1.29, 1.82) is 0 Å². The zero-order chi connectivity index (χ0) is 13.0. The minimum atomic E-state index is -0.320. The van der Waals surface area contributed by atoms with Gasteiger partial charge in [-0.05, 0) is 24.3 Å². The molecule has 1 saturated heterocycles. The molecule has 1 atom stereocenters. The highest BCUT2D eigenvalue weighted by Crippen LogP contribution is 2.12. The molecule has 1 fully saturated rings. The molecule has 2 rings (SSSR count). The van der Waals surface area contributed by atoms with Crippen molar-refractivity contribution < 1.29 is 9.59 Å². The van der Waals surface area contributed by atoms with E-state index in [4.69, 9.17) is 0 Å². The predicted molar refractivity (Wildman–Crippen MR) is 71.4 cm³/mol. The van der Waals surface area contributed by atoms with Crippen LogP contribution < -0.4 is 5.32 Å². The molecule has 0 bridgehead atoms. The number of nitrogens with zero attached hydrogens (tertiary/aromatic N) is 1. The fraction of sp³-hybridized carbons (Fsp3) is 0.538. The van der Waals surface area contributed by atoms with E-state index in [1.807, 2.05) is 18.4 Å². The third kappa shape index (κ3) is 3.10. The first-order valence-electron chi connectivity index (χ1n) is 6.31. The van der Waals surface area contributed by atoms with Gasteiger partial charge in [-0.1, -0.05) is 19.4 Å². The molecular formula is C13H18N2O2S. The van der Waals surface area contributed by atoms with Crippen LogP contribution in [0.4, 0.5) is 0 Å². The van der Waals surface area contributed by atoms with Gasteiger partial charge in [0, 0.05) is 11.4 Å². The summed E-state index contributed by atoms with van der Waals surface area (Å²) in [5.41, 5.74) is 0. The maximum atomic E-state index is 12.1. The van der Waals surface area contributed by atoms with Gasteiger partial charge in [0.2, 0.25) is 11.8 Å². The van der Waals surface area contributed by atoms with E-state index in [1.54, 1.807) is 16.2 Å². The number of piperazine rings is 1. The summed E-state index contributed by atoms with van der Waals surface area (Å²) < 4.78 is 0. The van der Waals surface area contributed by atoms with Gasteiger partial charge in [0.05, 0.1) is 6.54 Å². The van der Waals surface area contributed by atoms with Gasteiger partial charge >= 0.3 is 0 Å². The zero-order valence-electron chi connectivity index (χ0n) is 10.5. The summed E-state index contributed by atoms with van der Waals surface area (Å²) in [6.45, 7) is 2.85. The van der Waals surface area contributed by atoms with E-state index in [2.05, 4.69) is 11.4 Å². The molecule has 4 nitrogen and oxygen atoms in total. The van der Waals surface area contributed by atoms with E-state index < -0.39 is 0 Å². The molecule has 0 radical (unpaired) electrons. The summed E-state index contributed by atoms with van der Waals surface area (Å²) in [5.74, 6) is 0.0206. The summed E-state index contributed by atoms with van der Waals surface area (Å²) in [5, 5.41) is 4.79. The van der Waals surface area contributed by atoms with E-state index in [1.165, 1.54) is 4.88 Å². The maximum absolute atomic E-state index is 12.1. The fourth-order valence-corrected chi connectivity index (χ4v) is 2.85. The van der Waals surface area contributed by atoms with Crippen LogP contribution in [0.1, 0.15) is 24.6 Å². The van der Waals surface area contributed by atoms with Crippen LogP contribution in [0.3, 0.4) is 0 Å². The van der Waals surface area contributed by atoms with Gasteiger partial charge in [0.25, 0.3) is 0 Å². The lowest BCUT2D eigenvalue weighted by atomic mass is 10.1. The van der Waals surface area contributed by atoms with Crippen molar-refractivity contribution in [2.24, 2.45) is 0 Å². The number of rotatable bonds is 5. The number of nitrogens with one attached hydrogen (secondary N) is 1. The molecule has 98 valence electrons. The quantitative estimate of drug-likeness (QED) is 0.876. The van der Waals surface area contributed by atoms with Crippen molar-refractivity contribution >= 4 is 23.2 Å². The van der Waals surface area contributed by atoms with Gasteiger partial charge in [-0.2, -0.15) is 0 Å². The highest BCUT2D eigenvalue weighted by Gasteiger charge is 2.31. The largest absolute Gasteiger partial charge is 0.343 e. The molecule has 1 unspecified atom stereocenters. The zero-order valence-corrected chi connectivity index (χ0v) is 11.3. The van der Waals surface area contributed by atoms with E-state index >= 15 is 0 Å². The topological polar surface area (TPSA) is 49.4 Å². The van der Waals surface area contributed by atoms with Crippen LogP contribution in [0.2, 0.25) is 0 Å². The maximum Gasteiger partial charge on any atom is 0.245 e. The monoisotopic (exact) mass is 266 g/mol. The number of hydrogen-bond acceptors (Lipinski definition) is 3. The number of amides is 2. The van der Waals surface area contributed by atoms with E-state index in [0.29, 0.717) is 6.54 Å². The molecule has 0 spiro atoms. The molecule has 1 N–H and O–H groups in total. The summed E-state index contributed by atoms with van der Waals surface area (Å²) in [4.78, 5) is 26.6. The summed E-state index contributed by atoms with van der Waals surface area (Å²) in [6.07, 6.45) is 2.45. The van der Waals surface area contributed by atoms with Crippen molar-refractivity contribution in [3.63, 3.8) is 0 Å². The molecular weight excluding hydrogens is 248 g/mol. The number of carbonyl (C=O) groups excluding carboxylic acids is 2. The molecule has 1 aliphatic rings. The van der Waals surface area contributed by atoms with Crippen molar-refractivity contribution in [2.75, 3.05) is 13.1 Å². The Hall–Kier alpha value is -1.36. The van der Waals surface area contributed by atoms with E-state index in [-0.39, 0.29) is 24.4 Å². The number of carbonyl (C=O) groups is 2. The minimum Gasteiger partial charge on any atom is -0.343 e. The highest BCUT2D eigenvalue weighted by atomic mass is 32.1. The Morgan fingerprint density at radius 2 is 2.33 bits per heavy atom. The molecule has 1 aliphatic heterocycles. The van der Waals surface area contributed by atoms with Crippen LogP contribution in [0, 0.1) is 0 Å². The summed E-state index contributed by atoms with van der Waals surface area (Å²) in [7, 11) is 0. The van der Waals surface area contributed by atoms with Crippen molar-refractivity contribution in [2.45, 2.75) is 32.2 Å². The van der Waals surface area contributed by atoms with Gasteiger partial charge in [0.1, 0.15) is 6.04 Å². The Kier molecular flexibility index (Phi) is 4.36. The fourth-order valence-electron chi connectivity index (χ4n) is 2.15. The highest BCUT2D eigenvalue weighted by molar-refractivity contribution is 7.09. The van der Waals surface area contributed by atoms with E-state index in [0.717, 1.165) is 19.3 Å². The molecule has 2 heterocycles. The van der Waals surface area contributed by atoms with Gasteiger partial charge in [0.15, 0.2) is 0 Å². The SMILES string of the molecule is CCCC1NC(=O)CN(CCc2cccs2)C1=O. The third-order valence-electron chi connectivity index (χ3n) is 3.07. The minimum absolute atomic E-state index is 0.0424. The Bertz CT molecular complexity index is 417. The van der Waals surface area contributed by atoms with Gasteiger partial charge in [-0.25, -0.2) is 0 Å².